The molecule has 6 rings (SSSR count). The number of carboxylic acid groups (broad SMARTS) is 1. The minimum Gasteiger partial charge on any atom is -0.481 e. The van der Waals surface area contributed by atoms with Crippen LogP contribution in [0.4, 0.5) is 0 Å². The quantitative estimate of drug-likeness (QED) is 0.413. The van der Waals surface area contributed by atoms with E-state index in [4.69, 9.17) is 9.47 Å². The van der Waals surface area contributed by atoms with Gasteiger partial charge in [0.2, 0.25) is 0 Å². The van der Waals surface area contributed by atoms with Crippen LogP contribution in [0.3, 0.4) is 0 Å². The maximum Gasteiger partial charge on any atom is 0.310 e. The lowest BCUT2D eigenvalue weighted by Gasteiger charge is -2.57. The second-order valence-corrected chi connectivity index (χ2v) is 10.8. The van der Waals surface area contributed by atoms with Crippen LogP contribution in [0.1, 0.15) is 65.2 Å². The molecule has 1 N–H and O–H groups in total. The van der Waals surface area contributed by atoms with Crippen LogP contribution in [0, 0.1) is 28.6 Å². The molecule has 2 unspecified atom stereocenters. The highest BCUT2D eigenvalue weighted by molar-refractivity contribution is 5.84. The van der Waals surface area contributed by atoms with Gasteiger partial charge >= 0.3 is 11.9 Å². The Hall–Kier alpha value is -1.69. The number of esters is 1. The van der Waals surface area contributed by atoms with Crippen LogP contribution >= 0.6 is 0 Å². The predicted octanol–water partition coefficient (Wildman–Crippen LogP) is 3.04. The van der Waals surface area contributed by atoms with Gasteiger partial charge in [-0.15, -0.1) is 0 Å². The molecule has 156 valence electrons. The molecule has 0 aromatic heterocycles. The number of Topliss-reactive ketones (excluding diaryl/α,β-unsaturated/α-hetero) is 1. The van der Waals surface area contributed by atoms with Crippen molar-refractivity contribution in [2.75, 3.05) is 0 Å². The fraction of sp³-hybridized carbons (Fsp3) is 0.783. The molecular formula is C23H28O6. The van der Waals surface area contributed by atoms with Crippen LogP contribution in [0.5, 0.6) is 0 Å². The van der Waals surface area contributed by atoms with E-state index in [-0.39, 0.29) is 40.5 Å². The molecule has 4 aliphatic carbocycles. The third-order valence-electron chi connectivity index (χ3n) is 9.97. The number of carbonyl (C=O) groups is 3. The molecule has 0 radical (unpaired) electrons. The molecule has 0 aromatic carbocycles. The summed E-state index contributed by atoms with van der Waals surface area (Å²) in [6.45, 7) is 4.40. The summed E-state index contributed by atoms with van der Waals surface area (Å²) < 4.78 is 12.5. The van der Waals surface area contributed by atoms with Gasteiger partial charge in [0.05, 0.1) is 12.0 Å². The molecule has 2 aliphatic heterocycles. The minimum atomic E-state index is -0.829. The highest BCUT2D eigenvalue weighted by Crippen LogP contribution is 2.77. The monoisotopic (exact) mass is 400 g/mol. The molecule has 0 amide bonds. The topological polar surface area (TPSA) is 93.2 Å². The standard InChI is InChI=1S/C23H28O6/c1-20-6-3-13(24)9-12(20)10-14(19(26)27)18-15-4-7-22(8-5-17(25)29-22)21(15,2)11-16-23(18,20)28-16/h10,14-16,18H,3-9,11H2,1-2H3,(H,26,27)/t14-,15?,16-,18?,20+,21+,22-,23-/m1/s1. The van der Waals surface area contributed by atoms with Gasteiger partial charge in [-0.1, -0.05) is 25.5 Å². The van der Waals surface area contributed by atoms with E-state index in [2.05, 4.69) is 13.8 Å². The van der Waals surface area contributed by atoms with Gasteiger partial charge in [-0.2, -0.15) is 0 Å². The van der Waals surface area contributed by atoms with Crippen LogP contribution in [0.25, 0.3) is 0 Å². The van der Waals surface area contributed by atoms with Crippen molar-refractivity contribution in [3.63, 3.8) is 0 Å². The molecule has 6 heteroatoms. The Labute approximate surface area is 170 Å². The fourth-order valence-corrected chi connectivity index (χ4v) is 8.47. The zero-order chi connectivity index (χ0) is 20.4. The van der Waals surface area contributed by atoms with Gasteiger partial charge in [0, 0.05) is 36.0 Å². The SMILES string of the molecule is C[C@]12CCC(=O)CC1=C[C@@H](C(=O)O)C1C3CC[C@@]4(CCC(=O)O4)[C@@]3(C)C[C@H]3O[C@@]132. The molecule has 6 aliphatic rings. The van der Waals surface area contributed by atoms with E-state index in [0.717, 1.165) is 37.7 Å². The van der Waals surface area contributed by atoms with E-state index in [9.17, 15) is 19.5 Å². The molecule has 2 saturated heterocycles. The lowest BCUT2D eigenvalue weighted by molar-refractivity contribution is -0.168. The summed E-state index contributed by atoms with van der Waals surface area (Å²) in [5, 5.41) is 10.2. The molecular weight excluding hydrogens is 372 g/mol. The summed E-state index contributed by atoms with van der Waals surface area (Å²) in [7, 11) is 0. The largest absolute Gasteiger partial charge is 0.481 e. The Morgan fingerprint density at radius 3 is 2.66 bits per heavy atom. The summed E-state index contributed by atoms with van der Waals surface area (Å²) in [5.74, 6) is -1.40. The number of fused-ring (bicyclic) bond motifs is 4. The number of epoxide rings is 1. The van der Waals surface area contributed by atoms with Crippen molar-refractivity contribution in [1.29, 1.82) is 0 Å². The lowest BCUT2D eigenvalue weighted by Crippen LogP contribution is -2.62. The first-order valence-corrected chi connectivity index (χ1v) is 11.0. The van der Waals surface area contributed by atoms with Crippen molar-refractivity contribution < 1.29 is 29.0 Å². The van der Waals surface area contributed by atoms with Crippen LogP contribution in [0.2, 0.25) is 0 Å². The van der Waals surface area contributed by atoms with Gasteiger partial charge in [0.25, 0.3) is 0 Å². The maximum absolute atomic E-state index is 12.4. The van der Waals surface area contributed by atoms with Gasteiger partial charge in [-0.3, -0.25) is 14.4 Å². The van der Waals surface area contributed by atoms with Crippen molar-refractivity contribution >= 4 is 17.7 Å². The average Bonchev–Trinajstić information content (AvgIpc) is 3.14. The van der Waals surface area contributed by atoms with Gasteiger partial charge in [-0.25, -0.2) is 0 Å². The lowest BCUT2D eigenvalue weighted by atomic mass is 9.44. The average molecular weight is 400 g/mol. The van der Waals surface area contributed by atoms with Crippen molar-refractivity contribution in [2.24, 2.45) is 28.6 Å². The predicted molar refractivity (Wildman–Crippen MR) is 101 cm³/mol. The number of ketones is 1. The van der Waals surface area contributed by atoms with E-state index in [1.54, 1.807) is 0 Å². The van der Waals surface area contributed by atoms with Gasteiger partial charge in [0.1, 0.15) is 17.0 Å². The number of hydrogen-bond donors (Lipinski definition) is 1. The smallest absolute Gasteiger partial charge is 0.310 e. The van der Waals surface area contributed by atoms with Crippen LogP contribution in [0.15, 0.2) is 11.6 Å². The highest BCUT2D eigenvalue weighted by Gasteiger charge is 2.83. The second-order valence-electron chi connectivity index (χ2n) is 10.8. The second kappa shape index (κ2) is 5.13. The van der Waals surface area contributed by atoms with Crippen molar-refractivity contribution in [3.8, 4) is 0 Å². The summed E-state index contributed by atoms with van der Waals surface area (Å²) in [6, 6.07) is 0. The van der Waals surface area contributed by atoms with E-state index < -0.39 is 23.1 Å². The first-order chi connectivity index (χ1) is 13.7. The number of aliphatic carboxylic acids is 1. The number of hydrogen-bond acceptors (Lipinski definition) is 5. The molecule has 2 heterocycles. The number of carboxylic acids is 1. The third kappa shape index (κ3) is 1.86. The van der Waals surface area contributed by atoms with Crippen LogP contribution < -0.4 is 0 Å². The molecule has 3 saturated carbocycles. The zero-order valence-corrected chi connectivity index (χ0v) is 17.0. The number of ether oxygens (including phenoxy) is 2. The molecule has 6 nitrogen and oxygen atoms in total. The van der Waals surface area contributed by atoms with Gasteiger partial charge < -0.3 is 14.6 Å². The molecule has 0 aromatic rings. The Balaban J connectivity index is 1.50. The number of carbonyl (C=O) groups excluding carboxylic acids is 2. The van der Waals surface area contributed by atoms with E-state index in [1.165, 1.54) is 0 Å². The van der Waals surface area contributed by atoms with E-state index in [1.807, 2.05) is 6.08 Å². The summed E-state index contributed by atoms with van der Waals surface area (Å²) >= 11 is 0. The molecule has 2 spiro atoms. The summed E-state index contributed by atoms with van der Waals surface area (Å²) in [6.07, 6.45) is 7.19. The Kier molecular flexibility index (Phi) is 3.20. The third-order valence-corrected chi connectivity index (χ3v) is 9.97. The number of rotatable bonds is 1. The zero-order valence-electron chi connectivity index (χ0n) is 17.0. The first kappa shape index (κ1) is 18.1. The molecule has 0 bridgehead atoms. The van der Waals surface area contributed by atoms with E-state index in [0.29, 0.717) is 19.3 Å². The molecule has 5 fully saturated rings. The summed E-state index contributed by atoms with van der Waals surface area (Å²) in [5.41, 5.74) is -0.508. The maximum atomic E-state index is 12.4. The normalized spacial score (nSPS) is 54.8. The van der Waals surface area contributed by atoms with Gasteiger partial charge in [-0.05, 0) is 38.0 Å². The van der Waals surface area contributed by atoms with Crippen molar-refractivity contribution in [1.82, 2.24) is 0 Å². The van der Waals surface area contributed by atoms with E-state index >= 15 is 0 Å². The van der Waals surface area contributed by atoms with Gasteiger partial charge in [0.15, 0.2) is 0 Å². The Morgan fingerprint density at radius 1 is 1.17 bits per heavy atom. The minimum absolute atomic E-state index is 0.0215. The molecule has 8 atom stereocenters. The Morgan fingerprint density at radius 2 is 1.97 bits per heavy atom. The van der Waals surface area contributed by atoms with Crippen LogP contribution in [-0.4, -0.2) is 40.1 Å². The first-order valence-electron chi connectivity index (χ1n) is 11.0. The van der Waals surface area contributed by atoms with Crippen LogP contribution in [-0.2, 0) is 23.9 Å². The Bertz CT molecular complexity index is 892. The summed E-state index contributed by atoms with van der Waals surface area (Å²) in [4.78, 5) is 36.6. The van der Waals surface area contributed by atoms with Crippen molar-refractivity contribution in [2.45, 2.75) is 82.5 Å². The molecule has 29 heavy (non-hydrogen) atoms. The highest BCUT2D eigenvalue weighted by atomic mass is 16.6. The fourth-order valence-electron chi connectivity index (χ4n) is 8.47. The van der Waals surface area contributed by atoms with Crippen molar-refractivity contribution in [3.05, 3.63) is 11.6 Å².